The molecular weight excluding hydrogens is 320 g/mol. The molecule has 2 aromatic rings. The first kappa shape index (κ1) is 18.7. The summed E-state index contributed by atoms with van der Waals surface area (Å²) in [5.74, 6) is 1.23. The zero-order valence-electron chi connectivity index (χ0n) is 14.4. The van der Waals surface area contributed by atoms with Gasteiger partial charge >= 0.3 is 0 Å². The van der Waals surface area contributed by atoms with Gasteiger partial charge in [-0.15, -0.1) is 0 Å². The summed E-state index contributed by atoms with van der Waals surface area (Å²) in [5.41, 5.74) is 2.58. The molecule has 134 valence electrons. The minimum absolute atomic E-state index is 0.336. The number of anilines is 2. The molecule has 0 atom stereocenters. The number of rotatable bonds is 10. The van der Waals surface area contributed by atoms with Crippen LogP contribution < -0.4 is 15.1 Å². The van der Waals surface area contributed by atoms with Gasteiger partial charge in [-0.25, -0.2) is 10.5 Å². The number of carbonyl (C=O) groups excluding carboxylic acids is 1. The van der Waals surface area contributed by atoms with Gasteiger partial charge in [0, 0.05) is 25.2 Å². The molecule has 2 aromatic heterocycles. The van der Waals surface area contributed by atoms with Gasteiger partial charge in [0.15, 0.2) is 0 Å². The average molecular weight is 344 g/mol. The van der Waals surface area contributed by atoms with Gasteiger partial charge in [0.1, 0.15) is 11.6 Å². The van der Waals surface area contributed by atoms with Gasteiger partial charge in [-0.1, -0.05) is 18.9 Å². The number of carbonyl (C=O) groups is 1. The van der Waals surface area contributed by atoms with Crippen LogP contribution in [0.1, 0.15) is 32.1 Å². The van der Waals surface area contributed by atoms with Gasteiger partial charge in [-0.2, -0.15) is 0 Å². The van der Waals surface area contributed by atoms with Crippen molar-refractivity contribution in [1.29, 1.82) is 0 Å². The van der Waals surface area contributed by atoms with Crippen LogP contribution in [0.5, 0.6) is 5.75 Å². The fourth-order valence-electron chi connectivity index (χ4n) is 2.52. The van der Waals surface area contributed by atoms with Crippen molar-refractivity contribution in [3.63, 3.8) is 0 Å². The number of ether oxygens (including phenoxy) is 1. The lowest BCUT2D eigenvalue weighted by atomic mass is 10.1. The molecule has 0 saturated carbocycles. The molecule has 0 aliphatic rings. The quantitative estimate of drug-likeness (QED) is 0.391. The van der Waals surface area contributed by atoms with Gasteiger partial charge < -0.3 is 9.64 Å². The van der Waals surface area contributed by atoms with E-state index < -0.39 is 0 Å². The Balaban J connectivity index is 1.95. The molecular formula is C18H24N4O3. The van der Waals surface area contributed by atoms with Crippen LogP contribution in [0, 0.1) is 0 Å². The van der Waals surface area contributed by atoms with E-state index in [1.165, 1.54) is 0 Å². The Labute approximate surface area is 147 Å². The summed E-state index contributed by atoms with van der Waals surface area (Å²) in [6.07, 6.45) is 9.21. The third-order valence-corrected chi connectivity index (χ3v) is 3.83. The highest BCUT2D eigenvalue weighted by molar-refractivity contribution is 5.74. The number of hydrogen-bond donors (Lipinski definition) is 2. The summed E-state index contributed by atoms with van der Waals surface area (Å²) in [4.78, 5) is 21.8. The lowest BCUT2D eigenvalue weighted by molar-refractivity contribution is -0.129. The van der Waals surface area contributed by atoms with E-state index in [4.69, 9.17) is 9.94 Å². The number of hydroxylamine groups is 1. The van der Waals surface area contributed by atoms with Crippen LogP contribution in [0.15, 0.2) is 42.9 Å². The molecule has 7 heteroatoms. The van der Waals surface area contributed by atoms with E-state index in [1.807, 2.05) is 24.3 Å². The number of aromatic nitrogens is 2. The molecule has 0 unspecified atom stereocenters. The zero-order valence-corrected chi connectivity index (χ0v) is 14.4. The Morgan fingerprint density at radius 3 is 2.80 bits per heavy atom. The minimum atomic E-state index is -0.336. The van der Waals surface area contributed by atoms with Crippen molar-refractivity contribution in [1.82, 2.24) is 15.4 Å². The lowest BCUT2D eigenvalue weighted by Crippen LogP contribution is -2.20. The van der Waals surface area contributed by atoms with Crippen molar-refractivity contribution in [2.45, 2.75) is 32.1 Å². The van der Waals surface area contributed by atoms with Crippen molar-refractivity contribution in [3.8, 4) is 5.75 Å². The Morgan fingerprint density at radius 1 is 1.24 bits per heavy atom. The first-order valence-electron chi connectivity index (χ1n) is 8.35. The number of nitrogens with one attached hydrogen (secondary N) is 1. The molecule has 0 radical (unpaired) electrons. The average Bonchev–Trinajstić information content (AvgIpc) is 2.67. The van der Waals surface area contributed by atoms with Crippen molar-refractivity contribution in [2.75, 3.05) is 18.6 Å². The summed E-state index contributed by atoms with van der Waals surface area (Å²) in [6, 6.07) is 7.74. The van der Waals surface area contributed by atoms with Crippen LogP contribution in [0.25, 0.3) is 0 Å². The molecule has 0 aliphatic carbocycles. The summed E-state index contributed by atoms with van der Waals surface area (Å²) < 4.78 is 5.26. The lowest BCUT2D eigenvalue weighted by Gasteiger charge is -2.23. The summed E-state index contributed by atoms with van der Waals surface area (Å²) in [5, 5.41) is 8.48. The number of methoxy groups -OCH3 is 1. The number of nitrogens with zero attached hydrogens (tertiary/aromatic N) is 3. The molecule has 0 bridgehead atoms. The monoisotopic (exact) mass is 344 g/mol. The Hall–Kier alpha value is -2.67. The fourth-order valence-corrected chi connectivity index (χ4v) is 2.52. The van der Waals surface area contributed by atoms with E-state index in [0.29, 0.717) is 12.2 Å². The first-order chi connectivity index (χ1) is 12.2. The second kappa shape index (κ2) is 10.2. The molecule has 7 nitrogen and oxygen atoms in total. The Morgan fingerprint density at radius 2 is 2.08 bits per heavy atom. The largest absolute Gasteiger partial charge is 0.495 e. The van der Waals surface area contributed by atoms with E-state index in [-0.39, 0.29) is 5.91 Å². The zero-order chi connectivity index (χ0) is 17.9. The maximum atomic E-state index is 11.0. The predicted molar refractivity (Wildman–Crippen MR) is 95.0 cm³/mol. The molecule has 0 aliphatic heterocycles. The highest BCUT2D eigenvalue weighted by Crippen LogP contribution is 2.26. The molecule has 25 heavy (non-hydrogen) atoms. The summed E-state index contributed by atoms with van der Waals surface area (Å²) >= 11 is 0. The van der Waals surface area contributed by atoms with Gasteiger partial charge in [0.05, 0.1) is 25.2 Å². The van der Waals surface area contributed by atoms with Gasteiger partial charge in [0.25, 0.3) is 0 Å². The molecule has 2 N–H and O–H groups in total. The third kappa shape index (κ3) is 6.04. The van der Waals surface area contributed by atoms with Crippen molar-refractivity contribution in [3.05, 3.63) is 42.9 Å². The maximum Gasteiger partial charge on any atom is 0.243 e. The highest BCUT2D eigenvalue weighted by Gasteiger charge is 2.11. The molecule has 2 rings (SSSR count). The SMILES string of the molecule is COc1cncc(N(CCCCCCC(=O)NO)c2ccccn2)c1. The fraction of sp³-hybridized carbons (Fsp3) is 0.389. The third-order valence-electron chi connectivity index (χ3n) is 3.83. The summed E-state index contributed by atoms with van der Waals surface area (Å²) in [6.45, 7) is 0.790. The predicted octanol–water partition coefficient (Wildman–Crippen LogP) is 3.08. The van der Waals surface area contributed by atoms with Crippen LogP contribution in [0.2, 0.25) is 0 Å². The molecule has 2 heterocycles. The molecule has 0 spiro atoms. The van der Waals surface area contributed by atoms with E-state index >= 15 is 0 Å². The Kier molecular flexibility index (Phi) is 7.65. The molecule has 0 fully saturated rings. The van der Waals surface area contributed by atoms with Crippen LogP contribution in [-0.2, 0) is 4.79 Å². The van der Waals surface area contributed by atoms with Gasteiger partial charge in [-0.05, 0) is 25.0 Å². The van der Waals surface area contributed by atoms with E-state index in [1.54, 1.807) is 31.2 Å². The van der Waals surface area contributed by atoms with Crippen molar-refractivity contribution in [2.24, 2.45) is 0 Å². The molecule has 1 amide bonds. The van der Waals surface area contributed by atoms with Crippen LogP contribution >= 0.6 is 0 Å². The van der Waals surface area contributed by atoms with Crippen LogP contribution in [-0.4, -0.2) is 34.7 Å². The maximum absolute atomic E-state index is 11.0. The standard InChI is InChI=1S/C18H24N4O3/c1-25-16-12-15(13-19-14-16)22(17-8-5-6-10-20-17)11-7-3-2-4-9-18(23)21-24/h5-6,8,10,12-14,24H,2-4,7,9,11H2,1H3,(H,21,23). The first-order valence-corrected chi connectivity index (χ1v) is 8.35. The summed E-state index contributed by atoms with van der Waals surface area (Å²) in [7, 11) is 1.62. The molecule has 0 saturated heterocycles. The van der Waals surface area contributed by atoms with Crippen LogP contribution in [0.4, 0.5) is 11.5 Å². The highest BCUT2D eigenvalue weighted by atomic mass is 16.5. The topological polar surface area (TPSA) is 87.6 Å². The molecule has 0 aromatic carbocycles. The Bertz CT molecular complexity index is 652. The van der Waals surface area contributed by atoms with Gasteiger partial charge in [0.2, 0.25) is 5.91 Å². The smallest absolute Gasteiger partial charge is 0.243 e. The second-order valence-corrected chi connectivity index (χ2v) is 5.62. The van der Waals surface area contributed by atoms with Crippen molar-refractivity contribution < 1.29 is 14.7 Å². The minimum Gasteiger partial charge on any atom is -0.495 e. The van der Waals surface area contributed by atoms with Gasteiger partial charge in [-0.3, -0.25) is 15.0 Å². The van der Waals surface area contributed by atoms with E-state index in [2.05, 4.69) is 14.9 Å². The normalized spacial score (nSPS) is 10.3. The number of hydrogen-bond acceptors (Lipinski definition) is 6. The number of unbranched alkanes of at least 4 members (excludes halogenated alkanes) is 3. The number of amides is 1. The number of pyridine rings is 2. The van der Waals surface area contributed by atoms with Crippen LogP contribution in [0.3, 0.4) is 0 Å². The van der Waals surface area contributed by atoms with Crippen molar-refractivity contribution >= 4 is 17.4 Å². The van der Waals surface area contributed by atoms with E-state index in [9.17, 15) is 4.79 Å². The van der Waals surface area contributed by atoms with E-state index in [0.717, 1.165) is 43.7 Å². The second-order valence-electron chi connectivity index (χ2n) is 5.62.